The number of amides is 2. The van der Waals surface area contributed by atoms with Crippen molar-refractivity contribution in [3.8, 4) is 11.1 Å². The van der Waals surface area contributed by atoms with Crippen LogP contribution in [0.15, 0.2) is 67.0 Å². The quantitative estimate of drug-likeness (QED) is 0.512. The van der Waals surface area contributed by atoms with E-state index in [-0.39, 0.29) is 24.5 Å². The summed E-state index contributed by atoms with van der Waals surface area (Å²) in [5, 5.41) is 15.1. The van der Waals surface area contributed by atoms with Crippen molar-refractivity contribution in [2.24, 2.45) is 0 Å². The number of carbonyl (C=O) groups excluding carboxylic acids is 2. The molecule has 1 atom stereocenters. The maximum absolute atomic E-state index is 12.9. The molecule has 0 radical (unpaired) electrons. The van der Waals surface area contributed by atoms with Gasteiger partial charge in [-0.3, -0.25) is 14.6 Å². The maximum atomic E-state index is 12.9. The van der Waals surface area contributed by atoms with Crippen LogP contribution in [0.3, 0.4) is 0 Å². The minimum Gasteiger partial charge on any atom is -0.394 e. The summed E-state index contributed by atoms with van der Waals surface area (Å²) in [6.07, 6.45) is 4.79. The van der Waals surface area contributed by atoms with Crippen LogP contribution in [0.2, 0.25) is 0 Å². The Morgan fingerprint density at radius 2 is 1.74 bits per heavy atom. The van der Waals surface area contributed by atoms with E-state index in [0.29, 0.717) is 23.2 Å². The summed E-state index contributed by atoms with van der Waals surface area (Å²) in [4.78, 5) is 29.6. The summed E-state index contributed by atoms with van der Waals surface area (Å²) in [6, 6.07) is 16.4. The van der Waals surface area contributed by atoms with Crippen LogP contribution in [-0.2, 0) is 0 Å². The average molecular weight is 418 g/mol. The van der Waals surface area contributed by atoms with E-state index in [9.17, 15) is 14.7 Å². The maximum Gasteiger partial charge on any atom is 0.257 e. The highest BCUT2D eigenvalue weighted by Crippen LogP contribution is 2.21. The van der Waals surface area contributed by atoms with Crippen LogP contribution in [-0.4, -0.2) is 34.6 Å². The molecule has 3 rings (SSSR count). The Morgan fingerprint density at radius 3 is 2.45 bits per heavy atom. The van der Waals surface area contributed by atoms with Crippen molar-refractivity contribution in [3.63, 3.8) is 0 Å². The fraction of sp³-hybridized carbons (Fsp3) is 0.240. The number of hydrogen-bond donors (Lipinski definition) is 3. The lowest BCUT2D eigenvalue weighted by atomic mass is 10.1. The number of aromatic nitrogens is 1. The van der Waals surface area contributed by atoms with Gasteiger partial charge in [0.05, 0.1) is 18.2 Å². The fourth-order valence-corrected chi connectivity index (χ4v) is 3.27. The van der Waals surface area contributed by atoms with Gasteiger partial charge in [0.1, 0.15) is 0 Å². The Labute approximate surface area is 182 Å². The lowest BCUT2D eigenvalue weighted by molar-refractivity contribution is 0.0912. The van der Waals surface area contributed by atoms with Crippen LogP contribution < -0.4 is 10.6 Å². The van der Waals surface area contributed by atoms with E-state index in [2.05, 4.69) is 15.6 Å². The van der Waals surface area contributed by atoms with Crippen LogP contribution in [0.5, 0.6) is 0 Å². The van der Waals surface area contributed by atoms with Gasteiger partial charge in [-0.15, -0.1) is 0 Å². The van der Waals surface area contributed by atoms with Gasteiger partial charge < -0.3 is 15.7 Å². The molecule has 0 saturated heterocycles. The van der Waals surface area contributed by atoms with Gasteiger partial charge in [-0.05, 0) is 42.7 Å². The fourth-order valence-electron chi connectivity index (χ4n) is 3.27. The zero-order chi connectivity index (χ0) is 22.2. The molecule has 1 aromatic heterocycles. The molecule has 31 heavy (non-hydrogen) atoms. The zero-order valence-electron chi connectivity index (χ0n) is 17.8. The SMILES string of the molecule is CCC[C@@H](CO)NC(=O)c1ccc(C)c(NC(=O)c2cncc(-c3ccccc3)c2)c1. The van der Waals surface area contributed by atoms with Crippen molar-refractivity contribution in [2.45, 2.75) is 32.7 Å². The van der Waals surface area contributed by atoms with E-state index in [4.69, 9.17) is 0 Å². The summed E-state index contributed by atoms with van der Waals surface area (Å²) in [5.74, 6) is -0.583. The molecule has 3 N–H and O–H groups in total. The highest BCUT2D eigenvalue weighted by molar-refractivity contribution is 6.06. The second-order valence-corrected chi connectivity index (χ2v) is 7.45. The third kappa shape index (κ3) is 5.77. The first-order valence-corrected chi connectivity index (χ1v) is 10.4. The van der Waals surface area contributed by atoms with Gasteiger partial charge in [0.2, 0.25) is 0 Å². The molecule has 6 heteroatoms. The monoisotopic (exact) mass is 417 g/mol. The van der Waals surface area contributed by atoms with Crippen LogP contribution in [0.4, 0.5) is 5.69 Å². The predicted molar refractivity (Wildman–Crippen MR) is 122 cm³/mol. The average Bonchev–Trinajstić information content (AvgIpc) is 2.80. The van der Waals surface area contributed by atoms with Crippen molar-refractivity contribution in [1.29, 1.82) is 0 Å². The second-order valence-electron chi connectivity index (χ2n) is 7.45. The largest absolute Gasteiger partial charge is 0.394 e. The first-order chi connectivity index (χ1) is 15.0. The summed E-state index contributed by atoms with van der Waals surface area (Å²) < 4.78 is 0. The van der Waals surface area contributed by atoms with E-state index in [0.717, 1.165) is 23.1 Å². The number of anilines is 1. The third-order valence-corrected chi connectivity index (χ3v) is 5.05. The Kier molecular flexibility index (Phi) is 7.51. The van der Waals surface area contributed by atoms with Crippen LogP contribution in [0.25, 0.3) is 11.1 Å². The number of pyridine rings is 1. The van der Waals surface area contributed by atoms with E-state index in [1.54, 1.807) is 30.5 Å². The highest BCUT2D eigenvalue weighted by atomic mass is 16.3. The van der Waals surface area contributed by atoms with Crippen molar-refractivity contribution in [1.82, 2.24) is 10.3 Å². The summed E-state index contributed by atoms with van der Waals surface area (Å²) in [5.41, 5.74) is 4.07. The number of aryl methyl sites for hydroxylation is 1. The van der Waals surface area contributed by atoms with Gasteiger partial charge in [0.25, 0.3) is 11.8 Å². The van der Waals surface area contributed by atoms with Gasteiger partial charge in [0, 0.05) is 29.2 Å². The normalized spacial score (nSPS) is 11.6. The van der Waals surface area contributed by atoms with E-state index in [1.165, 1.54) is 6.20 Å². The predicted octanol–water partition coefficient (Wildman–Crippen LogP) is 4.20. The molecule has 2 amide bonds. The number of benzene rings is 2. The number of carbonyl (C=O) groups is 2. The Balaban J connectivity index is 1.77. The minimum atomic E-state index is -0.301. The molecule has 0 bridgehead atoms. The molecule has 0 spiro atoms. The highest BCUT2D eigenvalue weighted by Gasteiger charge is 2.15. The number of aliphatic hydroxyl groups is 1. The molecule has 160 valence electrons. The minimum absolute atomic E-state index is 0.111. The van der Waals surface area contributed by atoms with Crippen LogP contribution in [0.1, 0.15) is 46.0 Å². The van der Waals surface area contributed by atoms with Crippen molar-refractivity contribution in [2.75, 3.05) is 11.9 Å². The summed E-state index contributed by atoms with van der Waals surface area (Å²) in [6.45, 7) is 3.75. The summed E-state index contributed by atoms with van der Waals surface area (Å²) in [7, 11) is 0. The standard InChI is InChI=1S/C25H27N3O3/c1-3-7-22(16-29)27-24(30)19-11-10-17(2)23(13-19)28-25(31)21-12-20(14-26-15-21)18-8-5-4-6-9-18/h4-6,8-15,22,29H,3,7,16H2,1-2H3,(H,27,30)(H,28,31)/t22-/m0/s1. The zero-order valence-corrected chi connectivity index (χ0v) is 17.8. The molecule has 0 aliphatic carbocycles. The van der Waals surface area contributed by atoms with Crippen LogP contribution >= 0.6 is 0 Å². The number of hydrogen-bond acceptors (Lipinski definition) is 4. The van der Waals surface area contributed by atoms with Gasteiger partial charge in [-0.25, -0.2) is 0 Å². The van der Waals surface area contributed by atoms with Crippen LogP contribution in [0, 0.1) is 6.92 Å². The molecule has 0 aliphatic heterocycles. The van der Waals surface area contributed by atoms with Gasteiger partial charge in [0.15, 0.2) is 0 Å². The Morgan fingerprint density at radius 1 is 0.968 bits per heavy atom. The van der Waals surface area contributed by atoms with Gasteiger partial charge >= 0.3 is 0 Å². The number of aliphatic hydroxyl groups excluding tert-OH is 1. The number of nitrogens with zero attached hydrogens (tertiary/aromatic N) is 1. The molecular formula is C25H27N3O3. The van der Waals surface area contributed by atoms with E-state index in [1.807, 2.05) is 44.2 Å². The lowest BCUT2D eigenvalue weighted by Crippen LogP contribution is -2.37. The first-order valence-electron chi connectivity index (χ1n) is 10.4. The van der Waals surface area contributed by atoms with Gasteiger partial charge in [-0.1, -0.05) is 49.7 Å². The molecule has 6 nitrogen and oxygen atoms in total. The summed E-state index contributed by atoms with van der Waals surface area (Å²) >= 11 is 0. The third-order valence-electron chi connectivity index (χ3n) is 5.05. The molecule has 0 fully saturated rings. The lowest BCUT2D eigenvalue weighted by Gasteiger charge is -2.16. The Bertz CT molecular complexity index is 1050. The Hall–Kier alpha value is -3.51. The van der Waals surface area contributed by atoms with Crippen molar-refractivity contribution < 1.29 is 14.7 Å². The molecule has 2 aromatic carbocycles. The molecule has 0 aliphatic rings. The topological polar surface area (TPSA) is 91.3 Å². The van der Waals surface area contributed by atoms with Gasteiger partial charge in [-0.2, -0.15) is 0 Å². The van der Waals surface area contributed by atoms with Crippen molar-refractivity contribution >= 4 is 17.5 Å². The molecule has 0 unspecified atom stereocenters. The first kappa shape index (κ1) is 22.2. The second kappa shape index (κ2) is 10.5. The smallest absolute Gasteiger partial charge is 0.257 e. The number of rotatable bonds is 8. The molecule has 0 saturated carbocycles. The van der Waals surface area contributed by atoms with E-state index < -0.39 is 0 Å². The van der Waals surface area contributed by atoms with E-state index >= 15 is 0 Å². The molecule has 1 heterocycles. The number of nitrogens with one attached hydrogen (secondary N) is 2. The van der Waals surface area contributed by atoms with Crippen molar-refractivity contribution in [3.05, 3.63) is 83.7 Å². The molecule has 3 aromatic rings. The molecular weight excluding hydrogens is 390 g/mol.